The Morgan fingerprint density at radius 1 is 1.33 bits per heavy atom. The van der Waals surface area contributed by atoms with E-state index in [4.69, 9.17) is 11.6 Å². The first-order valence-corrected chi connectivity index (χ1v) is 4.76. The Morgan fingerprint density at radius 3 is 3.00 bits per heavy atom. The highest BCUT2D eigenvalue weighted by molar-refractivity contribution is 6.29. The third kappa shape index (κ3) is 2.88. The van der Waals surface area contributed by atoms with Crippen LogP contribution in [0.5, 0.6) is 0 Å². The number of aromatic nitrogens is 5. The van der Waals surface area contributed by atoms with Crippen molar-refractivity contribution in [3.05, 3.63) is 30.2 Å². The van der Waals surface area contributed by atoms with Gasteiger partial charge in [0.1, 0.15) is 23.6 Å². The normalized spacial score (nSPS) is 10.2. The topological polar surface area (TPSA) is 68.5 Å². The Labute approximate surface area is 91.3 Å². The summed E-state index contributed by atoms with van der Waals surface area (Å²) in [6.45, 7) is 1.41. The van der Waals surface area contributed by atoms with E-state index in [-0.39, 0.29) is 0 Å². The number of nitrogens with zero attached hydrogens (tertiary/aromatic N) is 5. The van der Waals surface area contributed by atoms with Crippen LogP contribution in [0.1, 0.15) is 0 Å². The summed E-state index contributed by atoms with van der Waals surface area (Å²) in [5.41, 5.74) is 0. The van der Waals surface area contributed by atoms with Crippen molar-refractivity contribution >= 4 is 17.4 Å². The summed E-state index contributed by atoms with van der Waals surface area (Å²) >= 11 is 5.68. The van der Waals surface area contributed by atoms with Gasteiger partial charge in [0.15, 0.2) is 0 Å². The second-order valence-electron chi connectivity index (χ2n) is 2.81. The molecule has 2 rings (SSSR count). The van der Waals surface area contributed by atoms with Crippen LogP contribution in [0.4, 0.5) is 5.82 Å². The van der Waals surface area contributed by atoms with Crippen LogP contribution < -0.4 is 5.32 Å². The van der Waals surface area contributed by atoms with Gasteiger partial charge in [-0.3, -0.25) is 9.67 Å². The van der Waals surface area contributed by atoms with Crippen LogP contribution in [0.15, 0.2) is 25.0 Å². The van der Waals surface area contributed by atoms with Crippen LogP contribution >= 0.6 is 11.6 Å². The zero-order valence-electron chi connectivity index (χ0n) is 7.84. The largest absolute Gasteiger partial charge is 0.367 e. The van der Waals surface area contributed by atoms with Gasteiger partial charge in [0, 0.05) is 6.54 Å². The Bertz CT molecular complexity index is 415. The Balaban J connectivity index is 1.83. The van der Waals surface area contributed by atoms with Gasteiger partial charge in [-0.1, -0.05) is 11.6 Å². The minimum atomic E-state index is 0.376. The van der Waals surface area contributed by atoms with E-state index in [2.05, 4.69) is 25.4 Å². The Hall–Kier alpha value is -1.69. The number of hydrogen-bond acceptors (Lipinski definition) is 5. The van der Waals surface area contributed by atoms with Gasteiger partial charge in [0.2, 0.25) is 0 Å². The smallest absolute Gasteiger partial charge is 0.149 e. The fourth-order valence-corrected chi connectivity index (χ4v) is 1.22. The molecule has 0 radical (unpaired) electrons. The summed E-state index contributed by atoms with van der Waals surface area (Å²) in [4.78, 5) is 11.8. The molecule has 2 aromatic rings. The molecule has 0 aliphatic carbocycles. The van der Waals surface area contributed by atoms with Crippen LogP contribution in [0, 0.1) is 0 Å². The number of rotatable bonds is 4. The van der Waals surface area contributed by atoms with E-state index >= 15 is 0 Å². The number of hydrogen-bond donors (Lipinski definition) is 1. The predicted molar refractivity (Wildman–Crippen MR) is 55.6 cm³/mol. The van der Waals surface area contributed by atoms with Gasteiger partial charge in [-0.15, -0.1) is 0 Å². The highest BCUT2D eigenvalue weighted by Crippen LogP contribution is 2.05. The van der Waals surface area contributed by atoms with Crippen LogP contribution in [-0.2, 0) is 6.54 Å². The third-order valence-electron chi connectivity index (χ3n) is 1.72. The molecule has 0 spiro atoms. The molecule has 0 aromatic carbocycles. The van der Waals surface area contributed by atoms with E-state index in [0.29, 0.717) is 24.1 Å². The molecule has 0 aliphatic rings. The van der Waals surface area contributed by atoms with Gasteiger partial charge in [0.05, 0.1) is 18.9 Å². The molecule has 15 heavy (non-hydrogen) atoms. The van der Waals surface area contributed by atoms with Crippen LogP contribution in [-0.4, -0.2) is 31.3 Å². The molecule has 2 heterocycles. The molecule has 0 atom stereocenters. The lowest BCUT2D eigenvalue weighted by atomic mass is 10.6. The van der Waals surface area contributed by atoms with Gasteiger partial charge >= 0.3 is 0 Å². The van der Waals surface area contributed by atoms with Crippen molar-refractivity contribution in [2.45, 2.75) is 6.54 Å². The SMILES string of the molecule is Clc1cncc(NCCn2cncn2)n1. The standard InChI is InChI=1S/C8H9ClN6/c9-7-3-10-4-8(14-7)12-1-2-15-6-11-5-13-15/h3-6H,1-2H2,(H,12,14). The molecule has 0 amide bonds. The molecule has 7 heteroatoms. The Morgan fingerprint density at radius 2 is 2.27 bits per heavy atom. The van der Waals surface area contributed by atoms with Gasteiger partial charge in [0.25, 0.3) is 0 Å². The fourth-order valence-electron chi connectivity index (χ4n) is 1.07. The molecule has 0 saturated heterocycles. The first-order chi connectivity index (χ1) is 7.34. The minimum Gasteiger partial charge on any atom is -0.367 e. The number of nitrogens with one attached hydrogen (secondary N) is 1. The fraction of sp³-hybridized carbons (Fsp3) is 0.250. The maximum absolute atomic E-state index is 5.68. The lowest BCUT2D eigenvalue weighted by Gasteiger charge is -2.04. The van der Waals surface area contributed by atoms with Crippen molar-refractivity contribution in [1.82, 2.24) is 24.7 Å². The molecular formula is C8H9ClN6. The van der Waals surface area contributed by atoms with Crippen molar-refractivity contribution in [3.8, 4) is 0 Å². The molecule has 0 fully saturated rings. The minimum absolute atomic E-state index is 0.376. The summed E-state index contributed by atoms with van der Waals surface area (Å²) in [6, 6.07) is 0. The third-order valence-corrected chi connectivity index (χ3v) is 1.90. The molecule has 2 aromatic heterocycles. The highest BCUT2D eigenvalue weighted by atomic mass is 35.5. The molecule has 1 N–H and O–H groups in total. The average molecular weight is 225 g/mol. The quantitative estimate of drug-likeness (QED) is 0.833. The lowest BCUT2D eigenvalue weighted by Crippen LogP contribution is -2.11. The maximum atomic E-state index is 5.68. The van der Waals surface area contributed by atoms with E-state index in [1.807, 2.05) is 0 Å². The zero-order chi connectivity index (χ0) is 10.5. The zero-order valence-corrected chi connectivity index (χ0v) is 8.59. The number of anilines is 1. The van der Waals surface area contributed by atoms with Crippen molar-refractivity contribution in [3.63, 3.8) is 0 Å². The summed E-state index contributed by atoms with van der Waals surface area (Å²) in [6.07, 6.45) is 6.27. The van der Waals surface area contributed by atoms with E-state index in [0.717, 1.165) is 0 Å². The van der Waals surface area contributed by atoms with Gasteiger partial charge in [-0.2, -0.15) is 5.10 Å². The van der Waals surface area contributed by atoms with Gasteiger partial charge in [-0.05, 0) is 0 Å². The summed E-state index contributed by atoms with van der Waals surface area (Å²) in [7, 11) is 0. The van der Waals surface area contributed by atoms with Crippen LogP contribution in [0.2, 0.25) is 5.15 Å². The van der Waals surface area contributed by atoms with Crippen molar-refractivity contribution < 1.29 is 0 Å². The van der Waals surface area contributed by atoms with Crippen molar-refractivity contribution in [2.24, 2.45) is 0 Å². The van der Waals surface area contributed by atoms with Gasteiger partial charge < -0.3 is 5.32 Å². The van der Waals surface area contributed by atoms with E-state index in [1.165, 1.54) is 12.5 Å². The summed E-state index contributed by atoms with van der Waals surface area (Å²) in [5, 5.41) is 7.42. The van der Waals surface area contributed by atoms with Crippen LogP contribution in [0.25, 0.3) is 0 Å². The van der Waals surface area contributed by atoms with Crippen molar-refractivity contribution in [1.29, 1.82) is 0 Å². The molecule has 0 aliphatic heterocycles. The molecule has 6 nitrogen and oxygen atoms in total. The second kappa shape index (κ2) is 4.70. The average Bonchev–Trinajstić information content (AvgIpc) is 2.71. The van der Waals surface area contributed by atoms with Crippen molar-refractivity contribution in [2.75, 3.05) is 11.9 Å². The first kappa shape index (κ1) is 9.85. The molecule has 0 saturated carbocycles. The lowest BCUT2D eigenvalue weighted by molar-refractivity contribution is 0.635. The monoisotopic (exact) mass is 224 g/mol. The summed E-state index contributed by atoms with van der Waals surface area (Å²) < 4.78 is 1.73. The summed E-state index contributed by atoms with van der Waals surface area (Å²) in [5.74, 6) is 0.655. The number of halogens is 1. The molecule has 0 bridgehead atoms. The Kier molecular flexibility index (Phi) is 3.08. The maximum Gasteiger partial charge on any atom is 0.149 e. The highest BCUT2D eigenvalue weighted by Gasteiger charge is 1.96. The molecular weight excluding hydrogens is 216 g/mol. The first-order valence-electron chi connectivity index (χ1n) is 4.38. The van der Waals surface area contributed by atoms with E-state index in [1.54, 1.807) is 17.2 Å². The predicted octanol–water partition coefficient (Wildman–Crippen LogP) is 0.834. The molecule has 0 unspecified atom stereocenters. The molecule has 78 valence electrons. The van der Waals surface area contributed by atoms with Crippen LogP contribution in [0.3, 0.4) is 0 Å². The van der Waals surface area contributed by atoms with E-state index in [9.17, 15) is 0 Å². The van der Waals surface area contributed by atoms with Gasteiger partial charge in [-0.25, -0.2) is 9.97 Å². The second-order valence-corrected chi connectivity index (χ2v) is 3.20. The van der Waals surface area contributed by atoms with E-state index < -0.39 is 0 Å².